The molecule has 0 bridgehead atoms. The van der Waals surface area contributed by atoms with Crippen LogP contribution in [0.15, 0.2) is 17.1 Å². The third kappa shape index (κ3) is 1.64. The third-order valence-corrected chi connectivity index (χ3v) is 2.68. The van der Waals surface area contributed by atoms with Crippen LogP contribution in [0, 0.1) is 0 Å². The second kappa shape index (κ2) is 3.87. The molecule has 0 amide bonds. The van der Waals surface area contributed by atoms with Gasteiger partial charge in [-0.25, -0.2) is 4.98 Å². The van der Waals surface area contributed by atoms with Gasteiger partial charge < -0.3 is 0 Å². The maximum absolute atomic E-state index is 11.7. The maximum atomic E-state index is 11.7. The van der Waals surface area contributed by atoms with Gasteiger partial charge >= 0.3 is 0 Å². The van der Waals surface area contributed by atoms with Crippen molar-refractivity contribution in [2.75, 3.05) is 0 Å². The average molecular weight is 246 g/mol. The monoisotopic (exact) mass is 245 g/mol. The van der Waals surface area contributed by atoms with E-state index in [0.717, 1.165) is 0 Å². The molecule has 80 valence electrons. The Labute approximate surface area is 96.0 Å². The molecule has 0 unspecified atom stereocenters. The van der Waals surface area contributed by atoms with Gasteiger partial charge in [0.1, 0.15) is 5.02 Å². The number of halogens is 2. The molecule has 0 aliphatic heterocycles. The van der Waals surface area contributed by atoms with E-state index < -0.39 is 0 Å². The summed E-state index contributed by atoms with van der Waals surface area (Å²) in [5.41, 5.74) is 0.837. The van der Waals surface area contributed by atoms with Gasteiger partial charge in [0, 0.05) is 18.8 Å². The Balaban J connectivity index is 2.87. The fourth-order valence-electron chi connectivity index (χ4n) is 1.47. The van der Waals surface area contributed by atoms with Crippen molar-refractivity contribution in [1.82, 2.24) is 14.2 Å². The van der Waals surface area contributed by atoms with Gasteiger partial charge in [-0.1, -0.05) is 11.6 Å². The van der Waals surface area contributed by atoms with Crippen molar-refractivity contribution in [3.05, 3.63) is 33.3 Å². The van der Waals surface area contributed by atoms with Crippen LogP contribution in [-0.2, 0) is 12.4 Å². The summed E-state index contributed by atoms with van der Waals surface area (Å²) in [6.45, 7) is 2.59. The van der Waals surface area contributed by atoms with Crippen LogP contribution in [-0.4, -0.2) is 14.2 Å². The first-order chi connectivity index (χ1) is 7.17. The Morgan fingerprint density at radius 3 is 2.87 bits per heavy atom. The van der Waals surface area contributed by atoms with Crippen molar-refractivity contribution in [3.8, 4) is 0 Å². The molecule has 0 N–H and O–H groups in total. The van der Waals surface area contributed by atoms with Crippen molar-refractivity contribution < 1.29 is 0 Å². The molecular weight excluding hydrogens is 237 g/mol. The molecule has 0 aliphatic rings. The summed E-state index contributed by atoms with van der Waals surface area (Å²) in [5, 5.41) is 0.459. The fourth-order valence-corrected chi connectivity index (χ4v) is 1.85. The first kappa shape index (κ1) is 10.5. The summed E-state index contributed by atoms with van der Waals surface area (Å²) < 4.78 is 3.16. The lowest BCUT2D eigenvalue weighted by atomic mass is 10.4. The van der Waals surface area contributed by atoms with Crippen molar-refractivity contribution in [2.24, 2.45) is 0 Å². The molecule has 2 rings (SSSR count). The zero-order chi connectivity index (χ0) is 11.0. The number of aryl methyl sites for hydroxylation is 1. The lowest BCUT2D eigenvalue weighted by molar-refractivity contribution is 0.599. The smallest absolute Gasteiger partial charge is 0.273 e. The summed E-state index contributed by atoms with van der Waals surface area (Å²) in [5.74, 6) is 0.208. The van der Waals surface area contributed by atoms with Crippen LogP contribution in [0.25, 0.3) is 5.65 Å². The van der Waals surface area contributed by atoms with Gasteiger partial charge in [-0.2, -0.15) is 4.52 Å². The highest BCUT2D eigenvalue weighted by atomic mass is 35.5. The van der Waals surface area contributed by atoms with Crippen LogP contribution in [0.5, 0.6) is 0 Å². The normalized spacial score (nSPS) is 11.1. The summed E-state index contributed by atoms with van der Waals surface area (Å²) in [7, 11) is 0. The Bertz CT molecular complexity index is 558. The standard InChI is InChI=1S/C9H9Cl2N3O/c1-2-13-5-7(11)9-12-6(4-10)3-8(15)14(9)13/h3,5H,2,4H2,1H3. The van der Waals surface area contributed by atoms with Gasteiger partial charge in [-0.3, -0.25) is 9.48 Å². The van der Waals surface area contributed by atoms with Gasteiger partial charge in [0.05, 0.1) is 11.6 Å². The molecule has 15 heavy (non-hydrogen) atoms. The highest BCUT2D eigenvalue weighted by molar-refractivity contribution is 6.33. The lowest BCUT2D eigenvalue weighted by Gasteiger charge is -2.02. The molecule has 0 spiro atoms. The van der Waals surface area contributed by atoms with Crippen molar-refractivity contribution in [2.45, 2.75) is 19.3 Å². The molecule has 0 atom stereocenters. The van der Waals surface area contributed by atoms with E-state index in [0.29, 0.717) is 22.9 Å². The number of nitrogens with zero attached hydrogens (tertiary/aromatic N) is 3. The molecular formula is C9H9Cl2N3O. The van der Waals surface area contributed by atoms with Crippen molar-refractivity contribution in [1.29, 1.82) is 0 Å². The summed E-state index contributed by atoms with van der Waals surface area (Å²) in [6.07, 6.45) is 1.68. The van der Waals surface area contributed by atoms with Crippen LogP contribution < -0.4 is 5.56 Å². The highest BCUT2D eigenvalue weighted by Crippen LogP contribution is 2.15. The number of aromatic nitrogens is 3. The van der Waals surface area contributed by atoms with E-state index in [2.05, 4.69) is 4.98 Å². The molecule has 4 nitrogen and oxygen atoms in total. The number of rotatable bonds is 2. The number of fused-ring (bicyclic) bond motifs is 1. The highest BCUT2D eigenvalue weighted by Gasteiger charge is 2.10. The summed E-state index contributed by atoms with van der Waals surface area (Å²) in [6, 6.07) is 1.42. The van der Waals surface area contributed by atoms with Gasteiger partial charge in [0.15, 0.2) is 5.65 Å². The summed E-state index contributed by atoms with van der Waals surface area (Å²) >= 11 is 11.6. The second-order valence-electron chi connectivity index (χ2n) is 3.09. The first-order valence-corrected chi connectivity index (χ1v) is 5.42. The molecule has 0 fully saturated rings. The average Bonchev–Trinajstić information content (AvgIpc) is 2.56. The van der Waals surface area contributed by atoms with Crippen LogP contribution >= 0.6 is 23.2 Å². The van der Waals surface area contributed by atoms with Crippen molar-refractivity contribution in [3.63, 3.8) is 0 Å². The Hall–Kier alpha value is -1.00. The predicted molar refractivity (Wildman–Crippen MR) is 59.7 cm³/mol. The van der Waals surface area contributed by atoms with E-state index in [9.17, 15) is 4.79 Å². The largest absolute Gasteiger partial charge is 0.283 e. The van der Waals surface area contributed by atoms with Gasteiger partial charge in [-0.05, 0) is 6.92 Å². The molecule has 0 saturated carbocycles. The van der Waals surface area contributed by atoms with Gasteiger partial charge in [0.2, 0.25) is 0 Å². The number of hydrogen-bond donors (Lipinski definition) is 0. The van der Waals surface area contributed by atoms with Crippen LogP contribution in [0.3, 0.4) is 0 Å². The number of hydrogen-bond acceptors (Lipinski definition) is 2. The van der Waals surface area contributed by atoms with Gasteiger partial charge in [-0.15, -0.1) is 11.6 Å². The number of alkyl halides is 1. The van der Waals surface area contributed by atoms with Crippen LogP contribution in [0.2, 0.25) is 5.02 Å². The van der Waals surface area contributed by atoms with Crippen LogP contribution in [0.1, 0.15) is 12.6 Å². The second-order valence-corrected chi connectivity index (χ2v) is 3.76. The Morgan fingerprint density at radius 1 is 1.53 bits per heavy atom. The van der Waals surface area contributed by atoms with Crippen LogP contribution in [0.4, 0.5) is 0 Å². The molecule has 2 aromatic rings. The minimum Gasteiger partial charge on any atom is -0.283 e. The minimum atomic E-state index is -0.163. The predicted octanol–water partition coefficient (Wildman–Crippen LogP) is 1.91. The van der Waals surface area contributed by atoms with Crippen molar-refractivity contribution >= 4 is 28.8 Å². The molecule has 2 heterocycles. The SMILES string of the molecule is CCn1cc(Cl)c2nc(CCl)cc(=O)n21. The Kier molecular flexibility index (Phi) is 2.71. The molecule has 0 saturated heterocycles. The molecule has 6 heteroatoms. The molecule has 0 aromatic carbocycles. The summed E-state index contributed by atoms with van der Waals surface area (Å²) in [4.78, 5) is 15.9. The molecule has 2 aromatic heterocycles. The lowest BCUT2D eigenvalue weighted by Crippen LogP contribution is -2.20. The fraction of sp³-hybridized carbons (Fsp3) is 0.333. The molecule has 0 aliphatic carbocycles. The van der Waals surface area contributed by atoms with E-state index in [4.69, 9.17) is 23.2 Å². The molecule has 0 radical (unpaired) electrons. The minimum absolute atomic E-state index is 0.163. The third-order valence-electron chi connectivity index (χ3n) is 2.14. The quantitative estimate of drug-likeness (QED) is 0.759. The first-order valence-electron chi connectivity index (χ1n) is 4.51. The van der Waals surface area contributed by atoms with E-state index in [1.165, 1.54) is 10.6 Å². The topological polar surface area (TPSA) is 39.3 Å². The zero-order valence-corrected chi connectivity index (χ0v) is 9.59. The van der Waals surface area contributed by atoms with E-state index in [1.807, 2.05) is 6.92 Å². The maximum Gasteiger partial charge on any atom is 0.273 e. The van der Waals surface area contributed by atoms with E-state index in [1.54, 1.807) is 10.9 Å². The van der Waals surface area contributed by atoms with E-state index >= 15 is 0 Å². The Morgan fingerprint density at radius 2 is 2.27 bits per heavy atom. The zero-order valence-electron chi connectivity index (χ0n) is 8.07. The van der Waals surface area contributed by atoms with Gasteiger partial charge in [0.25, 0.3) is 5.56 Å². The van der Waals surface area contributed by atoms with E-state index in [-0.39, 0.29) is 11.4 Å².